The molecule has 1 amide bonds. The highest BCUT2D eigenvalue weighted by Gasteiger charge is 2.11. The Kier molecular flexibility index (Phi) is 6.41. The third-order valence-electron chi connectivity index (χ3n) is 5.32. The number of hydrogen-bond acceptors (Lipinski definition) is 6. The van der Waals surface area contributed by atoms with Crippen molar-refractivity contribution in [3.05, 3.63) is 65.0 Å². The predicted octanol–water partition coefficient (Wildman–Crippen LogP) is 1.98. The maximum absolute atomic E-state index is 12.6. The number of amides is 1. The van der Waals surface area contributed by atoms with E-state index in [2.05, 4.69) is 32.0 Å². The molecule has 0 atom stereocenters. The first-order valence-corrected chi connectivity index (χ1v) is 10.3. The van der Waals surface area contributed by atoms with Crippen molar-refractivity contribution in [2.24, 2.45) is 0 Å². The van der Waals surface area contributed by atoms with Crippen LogP contribution in [0.15, 0.2) is 42.7 Å². The number of nitrogens with two attached hydrogens (primary N) is 1. The van der Waals surface area contributed by atoms with Crippen LogP contribution in [0.2, 0.25) is 0 Å². The summed E-state index contributed by atoms with van der Waals surface area (Å²) in [7, 11) is 0. The number of carbonyl (C=O) groups excluding carboxylic acids is 1. The van der Waals surface area contributed by atoms with Gasteiger partial charge in [0.25, 0.3) is 5.91 Å². The van der Waals surface area contributed by atoms with Crippen LogP contribution < -0.4 is 11.1 Å². The Morgan fingerprint density at radius 2 is 2.00 bits per heavy atom. The molecule has 1 aliphatic heterocycles. The van der Waals surface area contributed by atoms with E-state index in [4.69, 9.17) is 10.5 Å². The van der Waals surface area contributed by atoms with Gasteiger partial charge in [-0.1, -0.05) is 17.9 Å². The number of aromatic nitrogens is 2. The van der Waals surface area contributed by atoms with E-state index in [0.29, 0.717) is 23.4 Å². The smallest absolute Gasteiger partial charge is 0.251 e. The molecule has 3 N–H and O–H groups in total. The van der Waals surface area contributed by atoms with Gasteiger partial charge in [0.1, 0.15) is 11.3 Å². The fourth-order valence-electron chi connectivity index (χ4n) is 3.48. The normalized spacial score (nSPS) is 14.1. The van der Waals surface area contributed by atoms with Gasteiger partial charge < -0.3 is 15.8 Å². The van der Waals surface area contributed by atoms with Crippen LogP contribution in [-0.4, -0.2) is 60.2 Å². The number of nitrogens with zero attached hydrogens (tertiary/aromatic N) is 3. The summed E-state index contributed by atoms with van der Waals surface area (Å²) >= 11 is 0. The SMILES string of the molecule is Cc1ccc(C(=O)NCCN2CCOCC2)cc1C#Cc1cnc(N)c2ncccc12. The molecule has 1 fully saturated rings. The lowest BCUT2D eigenvalue weighted by molar-refractivity contribution is 0.0383. The number of hydrogen-bond donors (Lipinski definition) is 2. The number of rotatable bonds is 4. The summed E-state index contributed by atoms with van der Waals surface area (Å²) in [5, 5.41) is 3.85. The summed E-state index contributed by atoms with van der Waals surface area (Å²) in [5.41, 5.74) is 9.71. The summed E-state index contributed by atoms with van der Waals surface area (Å²) in [6.07, 6.45) is 3.34. The van der Waals surface area contributed by atoms with Crippen LogP contribution in [0, 0.1) is 18.8 Å². The Morgan fingerprint density at radius 3 is 2.84 bits per heavy atom. The van der Waals surface area contributed by atoms with Gasteiger partial charge in [-0.05, 0) is 36.8 Å². The first kappa shape index (κ1) is 20.8. The minimum absolute atomic E-state index is 0.0971. The highest BCUT2D eigenvalue weighted by Crippen LogP contribution is 2.19. The van der Waals surface area contributed by atoms with Crippen LogP contribution in [0.25, 0.3) is 10.9 Å². The number of benzene rings is 1. The van der Waals surface area contributed by atoms with Gasteiger partial charge in [0.2, 0.25) is 0 Å². The molecule has 0 radical (unpaired) electrons. The van der Waals surface area contributed by atoms with Crippen LogP contribution in [0.4, 0.5) is 5.82 Å². The molecular weight excluding hydrogens is 390 g/mol. The lowest BCUT2D eigenvalue weighted by Crippen LogP contribution is -2.41. The molecule has 7 nitrogen and oxygen atoms in total. The molecule has 0 unspecified atom stereocenters. The van der Waals surface area contributed by atoms with Crippen molar-refractivity contribution in [1.82, 2.24) is 20.2 Å². The molecule has 2 aromatic heterocycles. The maximum atomic E-state index is 12.6. The van der Waals surface area contributed by atoms with Gasteiger partial charge in [-0.25, -0.2) is 4.98 Å². The molecule has 3 aromatic rings. The van der Waals surface area contributed by atoms with Crippen molar-refractivity contribution in [3.63, 3.8) is 0 Å². The molecule has 3 heterocycles. The monoisotopic (exact) mass is 415 g/mol. The second-order valence-corrected chi connectivity index (χ2v) is 7.45. The number of pyridine rings is 2. The lowest BCUT2D eigenvalue weighted by atomic mass is 10.0. The Bertz CT molecular complexity index is 1160. The molecule has 158 valence electrons. The molecule has 7 heteroatoms. The van der Waals surface area contributed by atoms with E-state index in [1.54, 1.807) is 12.4 Å². The standard InChI is InChI=1S/C24H25N5O2/c1-17-4-5-19(24(30)27-9-10-29-11-13-31-14-12-29)15-18(17)6-7-20-16-28-23(25)22-21(20)3-2-8-26-22/h2-5,8,15-16H,9-14H2,1H3,(H2,25,28)(H,27,30). The van der Waals surface area contributed by atoms with Gasteiger partial charge in [0, 0.05) is 55.1 Å². The first-order valence-electron chi connectivity index (χ1n) is 10.3. The van der Waals surface area contributed by atoms with Crippen LogP contribution in [0.3, 0.4) is 0 Å². The Balaban J connectivity index is 1.49. The van der Waals surface area contributed by atoms with E-state index < -0.39 is 0 Å². The number of aryl methyl sites for hydroxylation is 1. The lowest BCUT2D eigenvalue weighted by Gasteiger charge is -2.26. The fourth-order valence-corrected chi connectivity index (χ4v) is 3.48. The number of carbonyl (C=O) groups is 1. The van der Waals surface area contributed by atoms with Gasteiger partial charge in [-0.3, -0.25) is 14.7 Å². The fraction of sp³-hybridized carbons (Fsp3) is 0.292. The molecule has 0 saturated carbocycles. The van der Waals surface area contributed by atoms with E-state index in [1.807, 2.05) is 37.3 Å². The minimum Gasteiger partial charge on any atom is -0.382 e. The van der Waals surface area contributed by atoms with Crippen molar-refractivity contribution in [1.29, 1.82) is 0 Å². The zero-order valence-electron chi connectivity index (χ0n) is 17.5. The van der Waals surface area contributed by atoms with Crippen molar-refractivity contribution < 1.29 is 9.53 Å². The number of ether oxygens (including phenoxy) is 1. The molecular formula is C24H25N5O2. The third-order valence-corrected chi connectivity index (χ3v) is 5.32. The number of nitrogen functional groups attached to an aromatic ring is 1. The number of anilines is 1. The van der Waals surface area contributed by atoms with Crippen LogP contribution >= 0.6 is 0 Å². The Labute approximate surface area is 181 Å². The summed E-state index contributed by atoms with van der Waals surface area (Å²) in [4.78, 5) is 23.4. The zero-order chi connectivity index (χ0) is 21.6. The summed E-state index contributed by atoms with van der Waals surface area (Å²) in [5.74, 6) is 6.63. The molecule has 1 saturated heterocycles. The van der Waals surface area contributed by atoms with Crippen molar-refractivity contribution >= 4 is 22.6 Å². The van der Waals surface area contributed by atoms with E-state index in [9.17, 15) is 4.79 Å². The van der Waals surface area contributed by atoms with Crippen molar-refractivity contribution in [2.75, 3.05) is 45.1 Å². The van der Waals surface area contributed by atoms with E-state index in [-0.39, 0.29) is 5.91 Å². The van der Waals surface area contributed by atoms with Gasteiger partial charge >= 0.3 is 0 Å². The quantitative estimate of drug-likeness (QED) is 0.633. The van der Waals surface area contributed by atoms with Gasteiger partial charge in [0.05, 0.1) is 18.8 Å². The minimum atomic E-state index is -0.0971. The summed E-state index contributed by atoms with van der Waals surface area (Å²) in [6, 6.07) is 9.35. The van der Waals surface area contributed by atoms with E-state index >= 15 is 0 Å². The summed E-state index contributed by atoms with van der Waals surface area (Å²) < 4.78 is 5.35. The Morgan fingerprint density at radius 1 is 1.19 bits per heavy atom. The Hall–Kier alpha value is -3.47. The third kappa shape index (κ3) is 5.00. The molecule has 1 aromatic carbocycles. The molecule has 31 heavy (non-hydrogen) atoms. The average molecular weight is 415 g/mol. The van der Waals surface area contributed by atoms with E-state index in [0.717, 1.165) is 54.9 Å². The van der Waals surface area contributed by atoms with Crippen molar-refractivity contribution in [3.8, 4) is 11.8 Å². The molecule has 0 spiro atoms. The molecule has 1 aliphatic rings. The second-order valence-electron chi connectivity index (χ2n) is 7.45. The van der Waals surface area contributed by atoms with Crippen LogP contribution in [-0.2, 0) is 4.74 Å². The van der Waals surface area contributed by atoms with Crippen molar-refractivity contribution in [2.45, 2.75) is 6.92 Å². The highest BCUT2D eigenvalue weighted by atomic mass is 16.5. The van der Waals surface area contributed by atoms with E-state index in [1.165, 1.54) is 0 Å². The highest BCUT2D eigenvalue weighted by molar-refractivity contribution is 5.95. The summed E-state index contributed by atoms with van der Waals surface area (Å²) in [6.45, 7) is 6.72. The number of nitrogens with one attached hydrogen (secondary N) is 1. The first-order chi connectivity index (χ1) is 15.1. The largest absolute Gasteiger partial charge is 0.382 e. The van der Waals surface area contributed by atoms with Crippen LogP contribution in [0.5, 0.6) is 0 Å². The molecule has 0 aliphatic carbocycles. The molecule has 0 bridgehead atoms. The van der Waals surface area contributed by atoms with Gasteiger partial charge in [-0.2, -0.15) is 0 Å². The molecule has 4 rings (SSSR count). The van der Waals surface area contributed by atoms with Crippen LogP contribution in [0.1, 0.15) is 27.0 Å². The maximum Gasteiger partial charge on any atom is 0.251 e. The topological polar surface area (TPSA) is 93.4 Å². The predicted molar refractivity (Wildman–Crippen MR) is 121 cm³/mol. The van der Waals surface area contributed by atoms with Gasteiger partial charge in [-0.15, -0.1) is 0 Å². The second kappa shape index (κ2) is 9.56. The number of fused-ring (bicyclic) bond motifs is 1. The van der Waals surface area contributed by atoms with Gasteiger partial charge in [0.15, 0.2) is 0 Å². The average Bonchev–Trinajstić information content (AvgIpc) is 2.80. The zero-order valence-corrected chi connectivity index (χ0v) is 17.5. The number of morpholine rings is 1.